The minimum absolute atomic E-state index is 0.205. The summed E-state index contributed by atoms with van der Waals surface area (Å²) in [5, 5.41) is 2.77. The molecule has 0 saturated heterocycles. The summed E-state index contributed by atoms with van der Waals surface area (Å²) < 4.78 is 41.7. The molecule has 1 amide bonds. The molecule has 0 heterocycles. The Morgan fingerprint density at radius 2 is 1.62 bits per heavy atom. The van der Waals surface area contributed by atoms with Crippen molar-refractivity contribution < 1.29 is 27.4 Å². The lowest BCUT2D eigenvalue weighted by molar-refractivity contribution is -0.122. The highest BCUT2D eigenvalue weighted by molar-refractivity contribution is 7.92. The first-order valence-electron chi connectivity index (χ1n) is 8.84. The van der Waals surface area contributed by atoms with Gasteiger partial charge < -0.3 is 19.5 Å². The lowest BCUT2D eigenvalue weighted by Crippen LogP contribution is -2.47. The highest BCUT2D eigenvalue weighted by atomic mass is 32.2. The summed E-state index contributed by atoms with van der Waals surface area (Å²) >= 11 is 0. The van der Waals surface area contributed by atoms with Crippen LogP contribution >= 0.6 is 0 Å². The second kappa shape index (κ2) is 9.51. The van der Waals surface area contributed by atoms with E-state index >= 15 is 0 Å². The van der Waals surface area contributed by atoms with Gasteiger partial charge in [0, 0.05) is 18.2 Å². The smallest absolute Gasteiger partial charge is 0.243 e. The number of nitrogens with zero attached hydrogens (tertiary/aromatic N) is 1. The normalized spacial score (nSPS) is 12.0. The Labute approximate surface area is 171 Å². The molecule has 0 spiro atoms. The maximum Gasteiger partial charge on any atom is 0.243 e. The van der Waals surface area contributed by atoms with Gasteiger partial charge in [0.1, 0.15) is 11.8 Å². The van der Waals surface area contributed by atoms with Crippen molar-refractivity contribution in [3.8, 4) is 17.2 Å². The predicted octanol–water partition coefficient (Wildman–Crippen LogP) is 2.18. The molecule has 1 N–H and O–H groups in total. The average molecular weight is 423 g/mol. The molecule has 0 aliphatic heterocycles. The van der Waals surface area contributed by atoms with Gasteiger partial charge in [-0.3, -0.25) is 9.10 Å². The molecule has 2 aromatic rings. The summed E-state index contributed by atoms with van der Waals surface area (Å²) in [6.45, 7) is 1.73. The number of hydrogen-bond acceptors (Lipinski definition) is 6. The number of carbonyl (C=O) groups is 1. The SMILES string of the molecule is COc1ccccc1CNC(=O)[C@@H](C)N(c1ccc(OC)c(OC)c1)S(C)(=O)=O. The maximum atomic E-state index is 12.7. The van der Waals surface area contributed by atoms with E-state index in [1.54, 1.807) is 25.3 Å². The summed E-state index contributed by atoms with van der Waals surface area (Å²) in [4.78, 5) is 12.7. The van der Waals surface area contributed by atoms with Crippen molar-refractivity contribution in [2.75, 3.05) is 31.9 Å². The number of rotatable bonds is 9. The van der Waals surface area contributed by atoms with Gasteiger partial charge in [-0.1, -0.05) is 18.2 Å². The highest BCUT2D eigenvalue weighted by Crippen LogP contribution is 2.33. The van der Waals surface area contributed by atoms with Crippen molar-refractivity contribution in [3.05, 3.63) is 48.0 Å². The Morgan fingerprint density at radius 3 is 2.21 bits per heavy atom. The lowest BCUT2D eigenvalue weighted by atomic mass is 10.2. The van der Waals surface area contributed by atoms with E-state index in [0.717, 1.165) is 16.1 Å². The molecule has 0 fully saturated rings. The number of carbonyl (C=O) groups excluding carboxylic acids is 1. The van der Waals surface area contributed by atoms with Crippen LogP contribution in [-0.2, 0) is 21.4 Å². The number of nitrogens with one attached hydrogen (secondary N) is 1. The van der Waals surface area contributed by atoms with Crippen LogP contribution in [0.3, 0.4) is 0 Å². The summed E-state index contributed by atoms with van der Waals surface area (Å²) in [6.07, 6.45) is 1.05. The summed E-state index contributed by atoms with van der Waals surface area (Å²) in [5.74, 6) is 1.01. The van der Waals surface area contributed by atoms with E-state index in [2.05, 4.69) is 5.32 Å². The van der Waals surface area contributed by atoms with Gasteiger partial charge in [0.15, 0.2) is 11.5 Å². The van der Waals surface area contributed by atoms with E-state index in [4.69, 9.17) is 14.2 Å². The average Bonchev–Trinajstić information content (AvgIpc) is 2.70. The predicted molar refractivity (Wildman–Crippen MR) is 111 cm³/mol. The second-order valence-corrected chi connectivity index (χ2v) is 8.16. The Kier molecular flexibility index (Phi) is 7.33. The number of hydrogen-bond donors (Lipinski definition) is 1. The van der Waals surface area contributed by atoms with Crippen LogP contribution in [0, 0.1) is 0 Å². The minimum Gasteiger partial charge on any atom is -0.496 e. The zero-order chi connectivity index (χ0) is 21.6. The van der Waals surface area contributed by atoms with Gasteiger partial charge in [0.25, 0.3) is 0 Å². The topological polar surface area (TPSA) is 94.2 Å². The van der Waals surface area contributed by atoms with Crippen LogP contribution in [0.5, 0.6) is 17.2 Å². The Balaban J connectivity index is 2.27. The van der Waals surface area contributed by atoms with Crippen LogP contribution in [0.1, 0.15) is 12.5 Å². The number of sulfonamides is 1. The molecular formula is C20H26N2O6S. The maximum absolute atomic E-state index is 12.7. The fourth-order valence-electron chi connectivity index (χ4n) is 2.95. The molecule has 158 valence electrons. The molecule has 0 radical (unpaired) electrons. The molecule has 0 aliphatic carbocycles. The van der Waals surface area contributed by atoms with E-state index in [9.17, 15) is 13.2 Å². The van der Waals surface area contributed by atoms with Crippen LogP contribution in [0.2, 0.25) is 0 Å². The summed E-state index contributed by atoms with van der Waals surface area (Å²) in [7, 11) is 0.736. The quantitative estimate of drug-likeness (QED) is 0.666. The number of amides is 1. The largest absolute Gasteiger partial charge is 0.496 e. The van der Waals surface area contributed by atoms with Crippen molar-refractivity contribution in [1.82, 2.24) is 5.32 Å². The molecule has 2 rings (SSSR count). The van der Waals surface area contributed by atoms with E-state index in [1.807, 2.05) is 18.2 Å². The van der Waals surface area contributed by atoms with Crippen molar-refractivity contribution in [2.45, 2.75) is 19.5 Å². The third kappa shape index (κ3) is 5.32. The van der Waals surface area contributed by atoms with Crippen molar-refractivity contribution in [1.29, 1.82) is 0 Å². The fourth-order valence-corrected chi connectivity index (χ4v) is 4.12. The van der Waals surface area contributed by atoms with Gasteiger partial charge in [-0.25, -0.2) is 8.42 Å². The molecule has 0 saturated carbocycles. The van der Waals surface area contributed by atoms with Crippen molar-refractivity contribution in [3.63, 3.8) is 0 Å². The number of ether oxygens (including phenoxy) is 3. The van der Waals surface area contributed by atoms with Gasteiger partial charge >= 0.3 is 0 Å². The Morgan fingerprint density at radius 1 is 1.00 bits per heavy atom. The molecule has 1 atom stereocenters. The summed E-state index contributed by atoms with van der Waals surface area (Å²) in [6, 6.07) is 11.0. The molecule has 0 aromatic heterocycles. The zero-order valence-electron chi connectivity index (χ0n) is 17.1. The number of anilines is 1. The van der Waals surface area contributed by atoms with Crippen LogP contribution in [0.25, 0.3) is 0 Å². The van der Waals surface area contributed by atoms with Gasteiger partial charge in [0.2, 0.25) is 15.9 Å². The molecule has 0 bridgehead atoms. The van der Waals surface area contributed by atoms with Gasteiger partial charge in [0.05, 0.1) is 33.3 Å². The first-order chi connectivity index (χ1) is 13.7. The lowest BCUT2D eigenvalue weighted by Gasteiger charge is -2.28. The van der Waals surface area contributed by atoms with Crippen LogP contribution in [0.15, 0.2) is 42.5 Å². The van der Waals surface area contributed by atoms with E-state index < -0.39 is 22.0 Å². The van der Waals surface area contributed by atoms with Crippen LogP contribution in [0.4, 0.5) is 5.69 Å². The Bertz CT molecular complexity index is 961. The molecule has 0 unspecified atom stereocenters. The molecule has 2 aromatic carbocycles. The number of methoxy groups -OCH3 is 3. The monoisotopic (exact) mass is 422 g/mol. The second-order valence-electron chi connectivity index (χ2n) is 6.30. The van der Waals surface area contributed by atoms with Gasteiger partial charge in [-0.15, -0.1) is 0 Å². The molecule has 0 aliphatic rings. The molecular weight excluding hydrogens is 396 g/mol. The van der Waals surface area contributed by atoms with E-state index in [-0.39, 0.29) is 6.54 Å². The number of benzene rings is 2. The molecule has 29 heavy (non-hydrogen) atoms. The zero-order valence-corrected chi connectivity index (χ0v) is 17.9. The summed E-state index contributed by atoms with van der Waals surface area (Å²) in [5.41, 5.74) is 1.08. The first-order valence-corrected chi connectivity index (χ1v) is 10.7. The number of para-hydroxylation sites is 1. The fraction of sp³-hybridized carbons (Fsp3) is 0.350. The Hall–Kier alpha value is -2.94. The van der Waals surface area contributed by atoms with Crippen LogP contribution in [-0.4, -0.2) is 48.0 Å². The highest BCUT2D eigenvalue weighted by Gasteiger charge is 2.29. The van der Waals surface area contributed by atoms with E-state index in [1.165, 1.54) is 27.2 Å². The van der Waals surface area contributed by atoms with Crippen molar-refractivity contribution >= 4 is 21.6 Å². The van der Waals surface area contributed by atoms with Gasteiger partial charge in [-0.2, -0.15) is 0 Å². The molecule has 8 nitrogen and oxygen atoms in total. The third-order valence-corrected chi connectivity index (χ3v) is 5.60. The molecule has 9 heteroatoms. The minimum atomic E-state index is -3.75. The van der Waals surface area contributed by atoms with E-state index in [0.29, 0.717) is 22.9 Å². The van der Waals surface area contributed by atoms with Gasteiger partial charge in [-0.05, 0) is 25.1 Å². The van der Waals surface area contributed by atoms with Crippen LogP contribution < -0.4 is 23.8 Å². The standard InChI is InChI=1S/C20H26N2O6S/c1-14(20(23)21-13-15-8-6-7-9-17(15)26-2)22(29(5,24)25)16-10-11-18(27-3)19(12-16)28-4/h6-12,14H,13H2,1-5H3,(H,21,23)/t14-/m1/s1. The first kappa shape index (κ1) is 22.4. The van der Waals surface area contributed by atoms with Crippen molar-refractivity contribution in [2.24, 2.45) is 0 Å². The third-order valence-electron chi connectivity index (χ3n) is 4.36.